The van der Waals surface area contributed by atoms with Gasteiger partial charge in [-0.05, 0) is 38.8 Å². The van der Waals surface area contributed by atoms with Crippen LogP contribution in [0.2, 0.25) is 0 Å². The van der Waals surface area contributed by atoms with Gasteiger partial charge in [0, 0.05) is 18.7 Å². The lowest BCUT2D eigenvalue weighted by atomic mass is 10.1. The number of carbonyl (C=O) groups excluding carboxylic acids is 1. The number of rotatable bonds is 3. The molecule has 0 aliphatic carbocycles. The molecule has 0 atom stereocenters. The lowest BCUT2D eigenvalue weighted by Crippen LogP contribution is -2.10. The summed E-state index contributed by atoms with van der Waals surface area (Å²) in [6.07, 6.45) is 0.131. The van der Waals surface area contributed by atoms with Gasteiger partial charge in [0.25, 0.3) is 0 Å². The smallest absolute Gasteiger partial charge is 0.221 e. The SMILES string of the molecule is CC(=O)Nc1cc(OC(C)C)c(C)cc1C. The molecule has 0 saturated heterocycles. The minimum atomic E-state index is -0.0672. The zero-order chi connectivity index (χ0) is 12.3. The summed E-state index contributed by atoms with van der Waals surface area (Å²) in [4.78, 5) is 11.0. The zero-order valence-electron chi connectivity index (χ0n) is 10.5. The number of carbonyl (C=O) groups is 1. The summed E-state index contributed by atoms with van der Waals surface area (Å²) in [5.74, 6) is 0.756. The Labute approximate surface area is 96.8 Å². The number of hydrogen-bond donors (Lipinski definition) is 1. The van der Waals surface area contributed by atoms with Crippen LogP contribution >= 0.6 is 0 Å². The molecule has 0 unspecified atom stereocenters. The van der Waals surface area contributed by atoms with Gasteiger partial charge in [-0.15, -0.1) is 0 Å². The highest BCUT2D eigenvalue weighted by Gasteiger charge is 2.08. The predicted molar refractivity (Wildman–Crippen MR) is 66.0 cm³/mol. The lowest BCUT2D eigenvalue weighted by Gasteiger charge is -2.15. The van der Waals surface area contributed by atoms with Gasteiger partial charge in [0.1, 0.15) is 5.75 Å². The summed E-state index contributed by atoms with van der Waals surface area (Å²) in [5, 5.41) is 2.79. The largest absolute Gasteiger partial charge is 0.491 e. The molecule has 0 aliphatic rings. The molecule has 0 heterocycles. The number of aryl methyl sites for hydroxylation is 2. The van der Waals surface area contributed by atoms with Crippen molar-refractivity contribution in [1.29, 1.82) is 0 Å². The Morgan fingerprint density at radius 3 is 2.38 bits per heavy atom. The Bertz CT molecular complexity index is 397. The van der Waals surface area contributed by atoms with Gasteiger partial charge in [-0.2, -0.15) is 0 Å². The Morgan fingerprint density at radius 1 is 1.25 bits per heavy atom. The number of benzene rings is 1. The molecule has 3 heteroatoms. The number of anilines is 1. The number of ether oxygens (including phenoxy) is 1. The normalized spacial score (nSPS) is 10.4. The van der Waals surface area contributed by atoms with Crippen molar-refractivity contribution >= 4 is 11.6 Å². The molecule has 1 N–H and O–H groups in total. The summed E-state index contributed by atoms with van der Waals surface area (Å²) >= 11 is 0. The number of amides is 1. The fraction of sp³-hybridized carbons (Fsp3) is 0.462. The second-order valence-electron chi connectivity index (χ2n) is 4.28. The van der Waals surface area contributed by atoms with E-state index >= 15 is 0 Å². The van der Waals surface area contributed by atoms with Gasteiger partial charge in [-0.3, -0.25) is 4.79 Å². The van der Waals surface area contributed by atoms with Crippen molar-refractivity contribution in [3.63, 3.8) is 0 Å². The van der Waals surface area contributed by atoms with E-state index in [1.807, 2.05) is 39.8 Å². The molecule has 0 bridgehead atoms. The van der Waals surface area contributed by atoms with Gasteiger partial charge in [0.2, 0.25) is 5.91 Å². The third kappa shape index (κ3) is 3.26. The van der Waals surface area contributed by atoms with Crippen LogP contribution in [0.3, 0.4) is 0 Å². The third-order valence-corrected chi connectivity index (χ3v) is 2.20. The summed E-state index contributed by atoms with van der Waals surface area (Å²) < 4.78 is 5.67. The van der Waals surface area contributed by atoms with E-state index in [1.54, 1.807) is 0 Å². The van der Waals surface area contributed by atoms with Crippen LogP contribution in [0, 0.1) is 13.8 Å². The molecule has 16 heavy (non-hydrogen) atoms. The molecule has 1 aromatic carbocycles. The Balaban J connectivity index is 3.05. The minimum absolute atomic E-state index is 0.0672. The van der Waals surface area contributed by atoms with Gasteiger partial charge in [0.05, 0.1) is 6.10 Å². The average molecular weight is 221 g/mol. The van der Waals surface area contributed by atoms with Gasteiger partial charge in [0.15, 0.2) is 0 Å². The Kier molecular flexibility index (Phi) is 3.93. The highest BCUT2D eigenvalue weighted by Crippen LogP contribution is 2.27. The first kappa shape index (κ1) is 12.6. The average Bonchev–Trinajstić information content (AvgIpc) is 2.11. The molecule has 88 valence electrons. The van der Waals surface area contributed by atoms with Crippen LogP contribution in [0.1, 0.15) is 31.9 Å². The maximum atomic E-state index is 11.0. The van der Waals surface area contributed by atoms with Crippen molar-refractivity contribution in [3.8, 4) is 5.75 Å². The maximum absolute atomic E-state index is 11.0. The highest BCUT2D eigenvalue weighted by atomic mass is 16.5. The summed E-state index contributed by atoms with van der Waals surface area (Å²) in [5.41, 5.74) is 2.94. The second kappa shape index (κ2) is 5.01. The molecule has 0 radical (unpaired) electrons. The van der Waals surface area contributed by atoms with Crippen LogP contribution < -0.4 is 10.1 Å². The van der Waals surface area contributed by atoms with Crippen LogP contribution in [0.25, 0.3) is 0 Å². The van der Waals surface area contributed by atoms with Gasteiger partial charge in [-0.1, -0.05) is 6.07 Å². The van der Waals surface area contributed by atoms with E-state index in [4.69, 9.17) is 4.74 Å². The Hall–Kier alpha value is -1.51. The van der Waals surface area contributed by atoms with Crippen molar-refractivity contribution in [3.05, 3.63) is 23.3 Å². The summed E-state index contributed by atoms with van der Waals surface area (Å²) in [6, 6.07) is 3.90. The molecule has 0 aromatic heterocycles. The van der Waals surface area contributed by atoms with Gasteiger partial charge in [-0.25, -0.2) is 0 Å². The lowest BCUT2D eigenvalue weighted by molar-refractivity contribution is -0.114. The van der Waals surface area contributed by atoms with Crippen molar-refractivity contribution in [1.82, 2.24) is 0 Å². The third-order valence-electron chi connectivity index (χ3n) is 2.20. The summed E-state index contributed by atoms with van der Waals surface area (Å²) in [7, 11) is 0. The molecule has 1 rings (SSSR count). The van der Waals surface area contributed by atoms with Crippen molar-refractivity contribution < 1.29 is 9.53 Å². The van der Waals surface area contributed by atoms with E-state index in [-0.39, 0.29) is 12.0 Å². The molecule has 0 saturated carbocycles. The standard InChI is InChI=1S/C13H19NO2/c1-8(2)16-13-7-12(14-11(5)15)9(3)6-10(13)4/h6-8H,1-5H3,(H,14,15). The second-order valence-corrected chi connectivity index (χ2v) is 4.28. The van der Waals surface area contributed by atoms with Crippen LogP contribution in [0.4, 0.5) is 5.69 Å². The molecule has 0 fully saturated rings. The van der Waals surface area contributed by atoms with Crippen molar-refractivity contribution in [2.45, 2.75) is 40.7 Å². The molecule has 0 aliphatic heterocycles. The Morgan fingerprint density at radius 2 is 1.88 bits per heavy atom. The number of nitrogens with one attached hydrogen (secondary N) is 1. The van der Waals surface area contributed by atoms with Gasteiger partial charge < -0.3 is 10.1 Å². The highest BCUT2D eigenvalue weighted by molar-refractivity contribution is 5.89. The fourth-order valence-corrected chi connectivity index (χ4v) is 1.54. The van der Waals surface area contributed by atoms with Crippen LogP contribution in [-0.4, -0.2) is 12.0 Å². The van der Waals surface area contributed by atoms with Crippen LogP contribution in [-0.2, 0) is 4.79 Å². The number of hydrogen-bond acceptors (Lipinski definition) is 2. The monoisotopic (exact) mass is 221 g/mol. The maximum Gasteiger partial charge on any atom is 0.221 e. The quantitative estimate of drug-likeness (QED) is 0.852. The molecular weight excluding hydrogens is 202 g/mol. The summed E-state index contributed by atoms with van der Waals surface area (Å²) in [6.45, 7) is 9.44. The molecule has 1 aromatic rings. The van der Waals surface area contributed by atoms with Crippen LogP contribution in [0.15, 0.2) is 12.1 Å². The van der Waals surface area contributed by atoms with Gasteiger partial charge >= 0.3 is 0 Å². The predicted octanol–water partition coefficient (Wildman–Crippen LogP) is 3.05. The van der Waals surface area contributed by atoms with E-state index in [2.05, 4.69) is 5.32 Å². The first-order valence-corrected chi connectivity index (χ1v) is 5.45. The van der Waals surface area contributed by atoms with Crippen molar-refractivity contribution in [2.75, 3.05) is 5.32 Å². The molecule has 3 nitrogen and oxygen atoms in total. The van der Waals surface area contributed by atoms with E-state index in [1.165, 1.54) is 6.92 Å². The molecular formula is C13H19NO2. The first-order chi connectivity index (χ1) is 7.40. The van der Waals surface area contributed by atoms with E-state index in [9.17, 15) is 4.79 Å². The zero-order valence-corrected chi connectivity index (χ0v) is 10.5. The topological polar surface area (TPSA) is 38.3 Å². The first-order valence-electron chi connectivity index (χ1n) is 5.45. The molecule has 1 amide bonds. The van der Waals surface area contributed by atoms with E-state index < -0.39 is 0 Å². The fourth-order valence-electron chi connectivity index (χ4n) is 1.54. The van der Waals surface area contributed by atoms with E-state index in [0.717, 1.165) is 22.6 Å². The van der Waals surface area contributed by atoms with Crippen LogP contribution in [0.5, 0.6) is 5.75 Å². The van der Waals surface area contributed by atoms with Crippen molar-refractivity contribution in [2.24, 2.45) is 0 Å². The van der Waals surface area contributed by atoms with E-state index in [0.29, 0.717) is 0 Å². The minimum Gasteiger partial charge on any atom is -0.491 e. The molecule has 0 spiro atoms.